The molecule has 0 aromatic rings. The largest absolute Gasteiger partial charge is 0.462 e. The molecule has 4 heteroatoms. The van der Waals surface area contributed by atoms with Gasteiger partial charge in [0.25, 0.3) is 0 Å². The molecule has 0 aromatic carbocycles. The van der Waals surface area contributed by atoms with E-state index in [1.165, 1.54) is 11.3 Å². The lowest BCUT2D eigenvalue weighted by Crippen LogP contribution is -2.39. The predicted octanol–water partition coefficient (Wildman–Crippen LogP) is 2.47. The number of ether oxygens (including phenoxy) is 1. The van der Waals surface area contributed by atoms with Crippen molar-refractivity contribution in [2.24, 2.45) is 17.8 Å². The third kappa shape index (κ3) is 4.51. The van der Waals surface area contributed by atoms with Gasteiger partial charge in [0.05, 0.1) is 6.42 Å². The third-order valence-corrected chi connectivity index (χ3v) is 4.36. The summed E-state index contributed by atoms with van der Waals surface area (Å²) in [5.41, 5.74) is 0. The second kappa shape index (κ2) is 6.92. The Balaban J connectivity index is 2.44. The summed E-state index contributed by atoms with van der Waals surface area (Å²) in [4.78, 5) is 24.8. The summed E-state index contributed by atoms with van der Waals surface area (Å²) < 4.78 is 5.61. The van der Waals surface area contributed by atoms with Gasteiger partial charge in [-0.3, -0.25) is 9.59 Å². The van der Waals surface area contributed by atoms with Crippen LogP contribution in [0.3, 0.4) is 0 Å². The Labute approximate surface area is 116 Å². The maximum Gasteiger partial charge on any atom is 0.306 e. The van der Waals surface area contributed by atoms with Crippen molar-refractivity contribution < 1.29 is 14.3 Å². The van der Waals surface area contributed by atoms with Gasteiger partial charge in [-0.1, -0.05) is 20.8 Å². The van der Waals surface area contributed by atoms with Gasteiger partial charge < -0.3 is 9.64 Å². The van der Waals surface area contributed by atoms with E-state index < -0.39 is 0 Å². The smallest absolute Gasteiger partial charge is 0.306 e. The molecule has 110 valence electrons. The van der Waals surface area contributed by atoms with Crippen LogP contribution in [0.5, 0.6) is 0 Å². The molecule has 0 heterocycles. The predicted molar refractivity (Wildman–Crippen MR) is 74.5 cm³/mol. The van der Waals surface area contributed by atoms with E-state index in [1.54, 1.807) is 14.1 Å². The summed E-state index contributed by atoms with van der Waals surface area (Å²) in [7, 11) is 3.39. The Kier molecular flexibility index (Phi) is 5.83. The van der Waals surface area contributed by atoms with Crippen molar-refractivity contribution in [2.75, 3.05) is 14.1 Å². The molecule has 1 aliphatic carbocycles. The zero-order chi connectivity index (χ0) is 14.6. The summed E-state index contributed by atoms with van der Waals surface area (Å²) in [6.07, 6.45) is 2.74. The molecular weight excluding hydrogens is 242 g/mol. The minimum Gasteiger partial charge on any atom is -0.462 e. The summed E-state index contributed by atoms with van der Waals surface area (Å²) >= 11 is 0. The molecule has 0 bridgehead atoms. The molecule has 4 nitrogen and oxygen atoms in total. The first-order chi connectivity index (χ1) is 8.82. The van der Waals surface area contributed by atoms with Crippen LogP contribution in [0.1, 0.15) is 46.5 Å². The Morgan fingerprint density at radius 3 is 2.21 bits per heavy atom. The van der Waals surface area contributed by atoms with Crippen LogP contribution in [-0.2, 0) is 14.3 Å². The fraction of sp³-hybridized carbons (Fsp3) is 0.867. The lowest BCUT2D eigenvalue weighted by atomic mass is 9.74. The summed E-state index contributed by atoms with van der Waals surface area (Å²) in [6.45, 7) is 6.52. The molecule has 0 aliphatic heterocycles. The molecular formula is C15H27NO3. The van der Waals surface area contributed by atoms with Gasteiger partial charge in [-0.15, -0.1) is 0 Å². The molecule has 1 amide bonds. The van der Waals surface area contributed by atoms with Gasteiger partial charge in [0.15, 0.2) is 0 Å². The zero-order valence-electron chi connectivity index (χ0n) is 12.8. The van der Waals surface area contributed by atoms with Gasteiger partial charge in [0, 0.05) is 20.5 Å². The van der Waals surface area contributed by atoms with E-state index in [0.29, 0.717) is 17.8 Å². The lowest BCUT2D eigenvalue weighted by Gasteiger charge is -2.38. The average molecular weight is 269 g/mol. The second-order valence-corrected chi connectivity index (χ2v) is 6.13. The van der Waals surface area contributed by atoms with Crippen molar-refractivity contribution in [1.82, 2.24) is 4.90 Å². The molecule has 0 spiro atoms. The molecule has 0 saturated heterocycles. The van der Waals surface area contributed by atoms with E-state index in [1.807, 2.05) is 0 Å². The molecule has 1 fully saturated rings. The number of esters is 1. The summed E-state index contributed by atoms with van der Waals surface area (Å²) in [6, 6.07) is 0. The third-order valence-electron chi connectivity index (χ3n) is 4.36. The molecule has 0 radical (unpaired) electrons. The summed E-state index contributed by atoms with van der Waals surface area (Å²) in [5.74, 6) is 1.14. The van der Waals surface area contributed by atoms with Crippen LogP contribution < -0.4 is 0 Å². The average Bonchev–Trinajstić information content (AvgIpc) is 2.36. The fourth-order valence-electron chi connectivity index (χ4n) is 2.66. The minimum atomic E-state index is -0.243. The fourth-order valence-corrected chi connectivity index (χ4v) is 2.66. The number of nitrogens with zero attached hydrogens (tertiary/aromatic N) is 1. The quantitative estimate of drug-likeness (QED) is 0.737. The first kappa shape index (κ1) is 16.0. The highest BCUT2D eigenvalue weighted by atomic mass is 16.5. The van der Waals surface area contributed by atoms with E-state index in [-0.39, 0.29) is 30.8 Å². The van der Waals surface area contributed by atoms with Gasteiger partial charge in [-0.05, 0) is 30.6 Å². The second-order valence-electron chi connectivity index (χ2n) is 6.13. The molecule has 0 aromatic heterocycles. The van der Waals surface area contributed by atoms with Crippen LogP contribution in [-0.4, -0.2) is 37.0 Å². The van der Waals surface area contributed by atoms with E-state index in [4.69, 9.17) is 4.74 Å². The Morgan fingerprint density at radius 1 is 1.05 bits per heavy atom. The van der Waals surface area contributed by atoms with Crippen molar-refractivity contribution in [3.63, 3.8) is 0 Å². The topological polar surface area (TPSA) is 46.6 Å². The number of carbonyl (C=O) groups is 2. The van der Waals surface area contributed by atoms with Gasteiger partial charge in [-0.2, -0.15) is 0 Å². The maximum atomic E-state index is 11.8. The SMILES string of the molecule is CC1CCC(C)[C@H](C)[C@@H]1OC(=O)CCC(=O)N(C)C. The number of hydrogen-bond acceptors (Lipinski definition) is 3. The molecule has 1 saturated carbocycles. The molecule has 1 rings (SSSR count). The van der Waals surface area contributed by atoms with Crippen LogP contribution in [0.2, 0.25) is 0 Å². The van der Waals surface area contributed by atoms with Crippen molar-refractivity contribution in [2.45, 2.75) is 52.6 Å². The van der Waals surface area contributed by atoms with Crippen molar-refractivity contribution in [1.29, 1.82) is 0 Å². The number of hydrogen-bond donors (Lipinski definition) is 0. The van der Waals surface area contributed by atoms with Crippen molar-refractivity contribution in [3.8, 4) is 0 Å². The van der Waals surface area contributed by atoms with E-state index in [0.717, 1.165) is 6.42 Å². The first-order valence-electron chi connectivity index (χ1n) is 7.22. The molecule has 2 unspecified atom stereocenters. The van der Waals surface area contributed by atoms with Crippen LogP contribution in [0, 0.1) is 17.8 Å². The maximum absolute atomic E-state index is 11.8. The zero-order valence-corrected chi connectivity index (χ0v) is 12.8. The number of rotatable bonds is 4. The first-order valence-corrected chi connectivity index (χ1v) is 7.22. The van der Waals surface area contributed by atoms with Crippen molar-refractivity contribution >= 4 is 11.9 Å². The van der Waals surface area contributed by atoms with Gasteiger partial charge >= 0.3 is 5.97 Å². The van der Waals surface area contributed by atoms with Gasteiger partial charge in [0.2, 0.25) is 5.91 Å². The van der Waals surface area contributed by atoms with E-state index >= 15 is 0 Å². The Hall–Kier alpha value is -1.06. The van der Waals surface area contributed by atoms with Crippen LogP contribution in [0.4, 0.5) is 0 Å². The highest BCUT2D eigenvalue weighted by molar-refractivity contribution is 5.81. The molecule has 19 heavy (non-hydrogen) atoms. The van der Waals surface area contributed by atoms with Crippen LogP contribution >= 0.6 is 0 Å². The molecule has 1 aliphatic rings. The van der Waals surface area contributed by atoms with Crippen molar-refractivity contribution in [3.05, 3.63) is 0 Å². The standard InChI is InChI=1S/C15H27NO3/c1-10-6-7-11(2)15(12(10)3)19-14(18)9-8-13(17)16(4)5/h10-12,15H,6-9H2,1-5H3/t10?,11?,12-,15+/m0/s1. The number of carbonyl (C=O) groups excluding carboxylic acids is 2. The molecule has 4 atom stereocenters. The Bertz CT molecular complexity index is 327. The van der Waals surface area contributed by atoms with Gasteiger partial charge in [0.1, 0.15) is 6.10 Å². The monoisotopic (exact) mass is 269 g/mol. The minimum absolute atomic E-state index is 0.00529. The van der Waals surface area contributed by atoms with Crippen LogP contribution in [0.25, 0.3) is 0 Å². The number of amides is 1. The van der Waals surface area contributed by atoms with Crippen LogP contribution in [0.15, 0.2) is 0 Å². The van der Waals surface area contributed by atoms with E-state index in [2.05, 4.69) is 20.8 Å². The lowest BCUT2D eigenvalue weighted by molar-refractivity contribution is -0.159. The Morgan fingerprint density at radius 2 is 1.63 bits per heavy atom. The van der Waals surface area contributed by atoms with Gasteiger partial charge in [-0.25, -0.2) is 0 Å². The highest BCUT2D eigenvalue weighted by Gasteiger charge is 2.35. The normalized spacial score (nSPS) is 30.8. The molecule has 0 N–H and O–H groups in total. The summed E-state index contributed by atoms with van der Waals surface area (Å²) in [5, 5.41) is 0. The van der Waals surface area contributed by atoms with E-state index in [9.17, 15) is 9.59 Å². The highest BCUT2D eigenvalue weighted by Crippen LogP contribution is 2.35.